The van der Waals surface area contributed by atoms with Gasteiger partial charge in [0.15, 0.2) is 0 Å². The molecule has 0 bridgehead atoms. The lowest BCUT2D eigenvalue weighted by Crippen LogP contribution is -2.21. The molecule has 0 saturated carbocycles. The van der Waals surface area contributed by atoms with Crippen molar-refractivity contribution in [2.24, 2.45) is 5.73 Å². The monoisotopic (exact) mass is 266 g/mol. The van der Waals surface area contributed by atoms with Gasteiger partial charge >= 0.3 is 0 Å². The molecule has 0 radical (unpaired) electrons. The van der Waals surface area contributed by atoms with E-state index in [4.69, 9.17) is 5.73 Å². The largest absolute Gasteiger partial charge is 0.382 e. The van der Waals surface area contributed by atoms with Crippen molar-refractivity contribution < 1.29 is 9.18 Å². The highest BCUT2D eigenvalue weighted by Crippen LogP contribution is 2.23. The summed E-state index contributed by atoms with van der Waals surface area (Å²) in [6.45, 7) is 5.95. The van der Waals surface area contributed by atoms with Crippen LogP contribution < -0.4 is 11.1 Å². The summed E-state index contributed by atoms with van der Waals surface area (Å²) in [7, 11) is 0. The molecule has 0 fully saturated rings. The molecule has 0 unspecified atom stereocenters. The number of carbonyl (C=O) groups is 1. The third-order valence-corrected chi connectivity index (χ3v) is 3.26. The van der Waals surface area contributed by atoms with Crippen molar-refractivity contribution in [2.75, 3.05) is 5.32 Å². The van der Waals surface area contributed by atoms with E-state index in [2.05, 4.69) is 19.2 Å². The Morgan fingerprint density at radius 3 is 2.37 bits per heavy atom. The molecular formula is C15H23FN2O. The second-order valence-electron chi connectivity index (χ2n) is 4.91. The quantitative estimate of drug-likeness (QED) is 0.792. The van der Waals surface area contributed by atoms with E-state index in [0.717, 1.165) is 25.7 Å². The van der Waals surface area contributed by atoms with Crippen LogP contribution in [-0.2, 0) is 0 Å². The Hall–Kier alpha value is -1.58. The summed E-state index contributed by atoms with van der Waals surface area (Å²) in [5.41, 5.74) is 6.62. The minimum Gasteiger partial charge on any atom is -0.382 e. The molecule has 0 aromatic heterocycles. The third-order valence-electron chi connectivity index (χ3n) is 3.26. The predicted octanol–water partition coefficient (Wildman–Crippen LogP) is 3.61. The highest BCUT2D eigenvalue weighted by molar-refractivity contribution is 5.94. The molecule has 4 heteroatoms. The standard InChI is InChI=1S/C15H23FN2O/c1-4-6-12(7-5-2)18-14-9-11(15(17)19)8-13(16)10(14)3/h8-9,12,18H,4-7H2,1-3H3,(H2,17,19). The van der Waals surface area contributed by atoms with Gasteiger partial charge in [-0.25, -0.2) is 4.39 Å². The SMILES string of the molecule is CCCC(CCC)Nc1cc(C(N)=O)cc(F)c1C. The number of rotatable bonds is 7. The summed E-state index contributed by atoms with van der Waals surface area (Å²) in [4.78, 5) is 11.2. The van der Waals surface area contributed by atoms with E-state index in [1.165, 1.54) is 6.07 Å². The zero-order valence-corrected chi connectivity index (χ0v) is 11.9. The van der Waals surface area contributed by atoms with Gasteiger partial charge in [0.05, 0.1) is 0 Å². The number of nitrogens with two attached hydrogens (primary N) is 1. The summed E-state index contributed by atoms with van der Waals surface area (Å²) >= 11 is 0. The van der Waals surface area contributed by atoms with Gasteiger partial charge in [0, 0.05) is 22.9 Å². The molecule has 1 aromatic rings. The Morgan fingerprint density at radius 2 is 1.89 bits per heavy atom. The Balaban J connectivity index is 3.00. The van der Waals surface area contributed by atoms with Crippen molar-refractivity contribution >= 4 is 11.6 Å². The zero-order chi connectivity index (χ0) is 14.4. The third kappa shape index (κ3) is 4.23. The predicted molar refractivity (Wildman–Crippen MR) is 76.9 cm³/mol. The van der Waals surface area contributed by atoms with Crippen molar-refractivity contribution in [1.82, 2.24) is 0 Å². The van der Waals surface area contributed by atoms with Gasteiger partial charge in [0.1, 0.15) is 5.82 Å². The molecule has 0 aliphatic heterocycles. The Kier molecular flexibility index (Phi) is 5.80. The fraction of sp³-hybridized carbons (Fsp3) is 0.533. The second-order valence-corrected chi connectivity index (χ2v) is 4.91. The minimum atomic E-state index is -0.607. The number of halogens is 1. The summed E-state index contributed by atoms with van der Waals surface area (Å²) < 4.78 is 13.8. The van der Waals surface area contributed by atoms with Crippen LogP contribution in [0.3, 0.4) is 0 Å². The number of carbonyl (C=O) groups excluding carboxylic acids is 1. The van der Waals surface area contributed by atoms with Crippen LogP contribution in [0.15, 0.2) is 12.1 Å². The van der Waals surface area contributed by atoms with Gasteiger partial charge < -0.3 is 11.1 Å². The Morgan fingerprint density at radius 1 is 1.32 bits per heavy atom. The van der Waals surface area contributed by atoms with Crippen molar-refractivity contribution in [3.8, 4) is 0 Å². The van der Waals surface area contributed by atoms with E-state index in [-0.39, 0.29) is 5.56 Å². The van der Waals surface area contributed by atoms with E-state index < -0.39 is 11.7 Å². The molecule has 0 heterocycles. The zero-order valence-electron chi connectivity index (χ0n) is 11.9. The molecule has 0 aliphatic carbocycles. The fourth-order valence-corrected chi connectivity index (χ4v) is 2.18. The molecule has 0 atom stereocenters. The van der Waals surface area contributed by atoms with Gasteiger partial charge in [-0.05, 0) is 31.9 Å². The first-order valence-corrected chi connectivity index (χ1v) is 6.86. The summed E-state index contributed by atoms with van der Waals surface area (Å²) in [5.74, 6) is -1.00. The van der Waals surface area contributed by atoms with Gasteiger partial charge in [-0.2, -0.15) is 0 Å². The van der Waals surface area contributed by atoms with Crippen LogP contribution in [0.25, 0.3) is 0 Å². The van der Waals surface area contributed by atoms with Crippen LogP contribution in [0.4, 0.5) is 10.1 Å². The fourth-order valence-electron chi connectivity index (χ4n) is 2.18. The average Bonchev–Trinajstić information content (AvgIpc) is 2.35. The smallest absolute Gasteiger partial charge is 0.248 e. The first-order valence-electron chi connectivity index (χ1n) is 6.86. The van der Waals surface area contributed by atoms with Crippen molar-refractivity contribution in [3.05, 3.63) is 29.1 Å². The normalized spacial score (nSPS) is 10.8. The molecule has 3 N–H and O–H groups in total. The first kappa shape index (κ1) is 15.5. The molecule has 106 valence electrons. The van der Waals surface area contributed by atoms with Crippen molar-refractivity contribution in [3.63, 3.8) is 0 Å². The number of anilines is 1. The van der Waals surface area contributed by atoms with E-state index in [9.17, 15) is 9.18 Å². The van der Waals surface area contributed by atoms with Crippen LogP contribution in [0.1, 0.15) is 55.5 Å². The van der Waals surface area contributed by atoms with Crippen LogP contribution >= 0.6 is 0 Å². The molecule has 1 aromatic carbocycles. The highest BCUT2D eigenvalue weighted by Gasteiger charge is 2.13. The molecule has 19 heavy (non-hydrogen) atoms. The maximum Gasteiger partial charge on any atom is 0.248 e. The van der Waals surface area contributed by atoms with Crippen LogP contribution in [-0.4, -0.2) is 11.9 Å². The lowest BCUT2D eigenvalue weighted by atomic mass is 10.0. The van der Waals surface area contributed by atoms with E-state index in [1.807, 2.05) is 0 Å². The van der Waals surface area contributed by atoms with E-state index in [1.54, 1.807) is 13.0 Å². The van der Waals surface area contributed by atoms with Gasteiger partial charge in [0.2, 0.25) is 5.91 Å². The minimum absolute atomic E-state index is 0.206. The van der Waals surface area contributed by atoms with Crippen LogP contribution in [0.2, 0.25) is 0 Å². The van der Waals surface area contributed by atoms with Gasteiger partial charge in [-0.3, -0.25) is 4.79 Å². The van der Waals surface area contributed by atoms with Gasteiger partial charge in [-0.1, -0.05) is 26.7 Å². The van der Waals surface area contributed by atoms with Crippen LogP contribution in [0.5, 0.6) is 0 Å². The average molecular weight is 266 g/mol. The number of primary amides is 1. The molecule has 3 nitrogen and oxygen atoms in total. The number of benzene rings is 1. The second kappa shape index (κ2) is 7.12. The molecule has 0 spiro atoms. The topological polar surface area (TPSA) is 55.1 Å². The van der Waals surface area contributed by atoms with Gasteiger partial charge in [0.25, 0.3) is 0 Å². The van der Waals surface area contributed by atoms with E-state index in [0.29, 0.717) is 17.3 Å². The molecule has 1 amide bonds. The molecular weight excluding hydrogens is 243 g/mol. The summed E-state index contributed by atoms with van der Waals surface area (Å²) in [5, 5.41) is 3.34. The van der Waals surface area contributed by atoms with E-state index >= 15 is 0 Å². The number of hydrogen-bond donors (Lipinski definition) is 2. The molecule has 1 rings (SSSR count). The lowest BCUT2D eigenvalue weighted by Gasteiger charge is -2.21. The Labute approximate surface area is 114 Å². The summed E-state index contributed by atoms with van der Waals surface area (Å²) in [6.07, 6.45) is 4.18. The molecule has 0 aliphatic rings. The lowest BCUT2D eigenvalue weighted by molar-refractivity contribution is 0.1000. The number of nitrogens with one attached hydrogen (secondary N) is 1. The first-order chi connectivity index (χ1) is 8.99. The van der Waals surface area contributed by atoms with Crippen LogP contribution in [0, 0.1) is 12.7 Å². The maximum atomic E-state index is 13.8. The van der Waals surface area contributed by atoms with Gasteiger partial charge in [-0.15, -0.1) is 0 Å². The number of amides is 1. The maximum absolute atomic E-state index is 13.8. The van der Waals surface area contributed by atoms with Crippen molar-refractivity contribution in [2.45, 2.75) is 52.5 Å². The summed E-state index contributed by atoms with van der Waals surface area (Å²) in [6, 6.07) is 3.13. The Bertz CT molecular complexity index is 440. The highest BCUT2D eigenvalue weighted by atomic mass is 19.1. The number of hydrogen-bond acceptors (Lipinski definition) is 2. The molecule has 0 saturated heterocycles. The van der Waals surface area contributed by atoms with Crippen molar-refractivity contribution in [1.29, 1.82) is 0 Å².